The van der Waals surface area contributed by atoms with Crippen molar-refractivity contribution in [3.8, 4) is 0 Å². The highest BCUT2D eigenvalue weighted by atomic mass is 16.6. The minimum Gasteiger partial charge on any atom is -0.390 e. The molecular formula is C15H27NO4. The zero-order chi connectivity index (χ0) is 14.5. The number of methoxy groups -OCH3 is 1. The summed E-state index contributed by atoms with van der Waals surface area (Å²) in [7, 11) is 5.84. The number of ether oxygens (including phenoxy) is 3. The van der Waals surface area contributed by atoms with Gasteiger partial charge in [0.15, 0.2) is 0 Å². The summed E-state index contributed by atoms with van der Waals surface area (Å²) in [6, 6.07) is 0. The van der Waals surface area contributed by atoms with Crippen molar-refractivity contribution < 1.29 is 19.3 Å². The van der Waals surface area contributed by atoms with Crippen molar-refractivity contribution >= 4 is 0 Å². The number of aliphatic hydroxyl groups is 1. The van der Waals surface area contributed by atoms with Crippen molar-refractivity contribution in [3.63, 3.8) is 0 Å². The topological polar surface area (TPSA) is 57.8 Å². The Morgan fingerprint density at radius 1 is 1.40 bits per heavy atom. The molecule has 3 fully saturated rings. The van der Waals surface area contributed by atoms with Crippen molar-refractivity contribution in [2.24, 2.45) is 5.92 Å². The van der Waals surface area contributed by atoms with Gasteiger partial charge in [-0.05, 0) is 40.3 Å². The van der Waals surface area contributed by atoms with Gasteiger partial charge >= 0.3 is 0 Å². The lowest BCUT2D eigenvalue weighted by Crippen LogP contribution is -2.54. The first-order valence-corrected chi connectivity index (χ1v) is 7.60. The van der Waals surface area contributed by atoms with Crippen LogP contribution in [0.25, 0.3) is 0 Å². The first-order chi connectivity index (χ1) is 9.43. The van der Waals surface area contributed by atoms with Gasteiger partial charge in [0.1, 0.15) is 5.60 Å². The molecule has 1 saturated carbocycles. The van der Waals surface area contributed by atoms with E-state index in [1.165, 1.54) is 0 Å². The van der Waals surface area contributed by atoms with E-state index < -0.39 is 6.10 Å². The lowest BCUT2D eigenvalue weighted by molar-refractivity contribution is -0.116. The lowest BCUT2D eigenvalue weighted by Gasteiger charge is -2.41. The second kappa shape index (κ2) is 4.92. The number of epoxide rings is 2. The summed E-state index contributed by atoms with van der Waals surface area (Å²) >= 11 is 0. The minimum atomic E-state index is -0.407. The maximum atomic E-state index is 10.3. The smallest absolute Gasteiger partial charge is 0.100 e. The molecule has 0 unspecified atom stereocenters. The molecule has 2 aliphatic heterocycles. The lowest BCUT2D eigenvalue weighted by atomic mass is 9.68. The average Bonchev–Trinajstić information content (AvgIpc) is 3.29. The fraction of sp³-hybridized carbons (Fsp3) is 1.00. The van der Waals surface area contributed by atoms with E-state index in [4.69, 9.17) is 14.2 Å². The van der Waals surface area contributed by atoms with E-state index in [9.17, 15) is 5.11 Å². The number of nitrogens with zero attached hydrogens (tertiary/aromatic N) is 1. The van der Waals surface area contributed by atoms with Crippen LogP contribution in [0.2, 0.25) is 0 Å². The summed E-state index contributed by atoms with van der Waals surface area (Å²) < 4.78 is 17.5. The molecule has 116 valence electrons. The van der Waals surface area contributed by atoms with Crippen LogP contribution in [-0.4, -0.2) is 73.9 Å². The molecule has 0 amide bonds. The van der Waals surface area contributed by atoms with Gasteiger partial charge in [-0.2, -0.15) is 0 Å². The molecule has 3 rings (SSSR count). The van der Waals surface area contributed by atoms with E-state index in [0.29, 0.717) is 0 Å². The van der Waals surface area contributed by atoms with E-state index in [2.05, 4.69) is 25.9 Å². The first-order valence-electron chi connectivity index (χ1n) is 7.60. The van der Waals surface area contributed by atoms with Crippen LogP contribution in [0.1, 0.15) is 26.2 Å². The Labute approximate surface area is 121 Å². The van der Waals surface area contributed by atoms with Gasteiger partial charge in [0.2, 0.25) is 0 Å². The van der Waals surface area contributed by atoms with Crippen molar-refractivity contribution in [2.75, 3.05) is 34.4 Å². The summed E-state index contributed by atoms with van der Waals surface area (Å²) in [5.41, 5.74) is -0.323. The Bertz CT molecular complexity index is 371. The van der Waals surface area contributed by atoms with Gasteiger partial charge in [0, 0.05) is 13.7 Å². The van der Waals surface area contributed by atoms with Gasteiger partial charge in [0.05, 0.1) is 36.4 Å². The van der Waals surface area contributed by atoms with Crippen LogP contribution in [0.3, 0.4) is 0 Å². The van der Waals surface area contributed by atoms with Gasteiger partial charge < -0.3 is 24.2 Å². The molecule has 3 aliphatic rings. The van der Waals surface area contributed by atoms with Crippen LogP contribution < -0.4 is 0 Å². The number of rotatable bonds is 5. The number of hydrogen-bond acceptors (Lipinski definition) is 5. The highest BCUT2D eigenvalue weighted by molar-refractivity contribution is 5.19. The molecule has 1 N–H and O–H groups in total. The monoisotopic (exact) mass is 285 g/mol. The van der Waals surface area contributed by atoms with Crippen molar-refractivity contribution in [2.45, 2.75) is 55.7 Å². The third kappa shape index (κ3) is 2.29. The van der Waals surface area contributed by atoms with Crippen molar-refractivity contribution in [3.05, 3.63) is 0 Å². The number of hydrogen-bond donors (Lipinski definition) is 1. The Morgan fingerprint density at radius 3 is 2.65 bits per heavy atom. The van der Waals surface area contributed by atoms with Gasteiger partial charge in [0.25, 0.3) is 0 Å². The van der Waals surface area contributed by atoms with Gasteiger partial charge in [-0.3, -0.25) is 0 Å². The summed E-state index contributed by atoms with van der Waals surface area (Å²) in [5.74, 6) is 0.135. The SMILES string of the molecule is CO[C@@H]1[C@H](O)CC[C@]2(CO2)[C@H]1[C@@]1(C)O[C@@H]1CCN(C)C. The van der Waals surface area contributed by atoms with Crippen molar-refractivity contribution in [1.29, 1.82) is 0 Å². The highest BCUT2D eigenvalue weighted by Crippen LogP contribution is 2.59. The molecule has 6 atom stereocenters. The molecule has 1 spiro atoms. The predicted octanol–water partition coefficient (Wildman–Crippen LogP) is 0.651. The Morgan fingerprint density at radius 2 is 2.10 bits per heavy atom. The van der Waals surface area contributed by atoms with Gasteiger partial charge in [-0.1, -0.05) is 0 Å². The largest absolute Gasteiger partial charge is 0.390 e. The highest BCUT2D eigenvalue weighted by Gasteiger charge is 2.71. The van der Waals surface area contributed by atoms with Gasteiger partial charge in [-0.15, -0.1) is 0 Å². The van der Waals surface area contributed by atoms with Crippen LogP contribution in [-0.2, 0) is 14.2 Å². The molecule has 2 heterocycles. The maximum Gasteiger partial charge on any atom is 0.100 e. The van der Waals surface area contributed by atoms with Crippen LogP contribution in [0.4, 0.5) is 0 Å². The summed E-state index contributed by atoms with van der Waals surface area (Å²) in [6.45, 7) is 3.95. The zero-order valence-electron chi connectivity index (χ0n) is 13.0. The Balaban J connectivity index is 1.73. The third-order valence-electron chi connectivity index (χ3n) is 5.36. The third-order valence-corrected chi connectivity index (χ3v) is 5.36. The second-order valence-electron chi connectivity index (χ2n) is 7.02. The van der Waals surface area contributed by atoms with Crippen LogP contribution in [0.15, 0.2) is 0 Å². The second-order valence-corrected chi connectivity index (χ2v) is 7.02. The molecule has 0 aromatic carbocycles. The molecule has 20 heavy (non-hydrogen) atoms. The van der Waals surface area contributed by atoms with Crippen molar-refractivity contribution in [1.82, 2.24) is 4.90 Å². The molecule has 0 bridgehead atoms. The first kappa shape index (κ1) is 14.7. The van der Waals surface area contributed by atoms with Crippen LogP contribution in [0, 0.1) is 5.92 Å². The molecule has 2 saturated heterocycles. The Hall–Kier alpha value is -0.200. The standard InChI is InChI=1S/C15H27NO4/c1-14(11(20-14)6-8-16(2)3)13-12(18-4)10(17)5-7-15(13)9-19-15/h10-13,17H,5-9H2,1-4H3/t10-,11-,12-,13-,14+,15+/m1/s1. The normalized spacial score (nSPS) is 50.7. The molecule has 5 nitrogen and oxygen atoms in total. The fourth-order valence-electron chi connectivity index (χ4n) is 4.06. The molecule has 1 aliphatic carbocycles. The maximum absolute atomic E-state index is 10.3. The van der Waals surface area contributed by atoms with E-state index >= 15 is 0 Å². The zero-order valence-corrected chi connectivity index (χ0v) is 13.0. The predicted molar refractivity (Wildman–Crippen MR) is 74.7 cm³/mol. The molecule has 0 aromatic rings. The summed E-state index contributed by atoms with van der Waals surface area (Å²) in [4.78, 5) is 2.18. The van der Waals surface area contributed by atoms with E-state index in [0.717, 1.165) is 32.4 Å². The van der Waals surface area contributed by atoms with E-state index in [1.807, 2.05) is 0 Å². The summed E-state index contributed by atoms with van der Waals surface area (Å²) in [5, 5.41) is 10.3. The average molecular weight is 285 g/mol. The molecule has 5 heteroatoms. The van der Waals surface area contributed by atoms with Crippen LogP contribution >= 0.6 is 0 Å². The minimum absolute atomic E-state index is 0.110. The quantitative estimate of drug-likeness (QED) is 0.752. The molecule has 0 aromatic heterocycles. The fourth-order valence-corrected chi connectivity index (χ4v) is 4.06. The Kier molecular flexibility index (Phi) is 3.62. The van der Waals surface area contributed by atoms with Crippen LogP contribution in [0.5, 0.6) is 0 Å². The number of aliphatic hydroxyl groups excluding tert-OH is 1. The summed E-state index contributed by atoms with van der Waals surface area (Å²) in [6.07, 6.45) is 2.35. The van der Waals surface area contributed by atoms with E-state index in [-0.39, 0.29) is 29.3 Å². The van der Waals surface area contributed by atoms with Gasteiger partial charge in [-0.25, -0.2) is 0 Å². The molecule has 0 radical (unpaired) electrons. The molecular weight excluding hydrogens is 258 g/mol. The van der Waals surface area contributed by atoms with E-state index in [1.54, 1.807) is 7.11 Å².